The lowest BCUT2D eigenvalue weighted by atomic mass is 10.1. The van der Waals surface area contributed by atoms with Gasteiger partial charge in [-0.15, -0.1) is 20.4 Å². The van der Waals surface area contributed by atoms with Crippen LogP contribution in [0.4, 0.5) is 54.4 Å². The summed E-state index contributed by atoms with van der Waals surface area (Å²) in [5.74, 6) is 1.40. The van der Waals surface area contributed by atoms with E-state index in [0.29, 0.717) is 69.1 Å². The van der Waals surface area contributed by atoms with Gasteiger partial charge in [0.25, 0.3) is 11.8 Å². The topological polar surface area (TPSA) is 166 Å². The number of piperazine rings is 2. The molecule has 0 bridgehead atoms. The Bertz CT molecular complexity index is 2050. The normalized spacial score (nSPS) is 15.9. The van der Waals surface area contributed by atoms with Gasteiger partial charge in [0.1, 0.15) is 5.82 Å². The summed E-state index contributed by atoms with van der Waals surface area (Å²) in [6.07, 6.45) is -4.46. The third-order valence-electron chi connectivity index (χ3n) is 10.0. The number of rotatable bonds is 9. The summed E-state index contributed by atoms with van der Waals surface area (Å²) < 4.78 is 79.0. The highest BCUT2D eigenvalue weighted by Gasteiger charge is 2.38. The molecule has 1 aliphatic carbocycles. The molecule has 0 radical (unpaired) electrons. The molecule has 2 aliphatic heterocycles. The summed E-state index contributed by atoms with van der Waals surface area (Å²) in [5.41, 5.74) is 2.99. The van der Waals surface area contributed by atoms with E-state index in [2.05, 4.69) is 31.0 Å². The Hall–Kier alpha value is -6.21. The van der Waals surface area contributed by atoms with Crippen LogP contribution in [0, 0.1) is 5.92 Å². The van der Waals surface area contributed by atoms with Crippen molar-refractivity contribution in [2.75, 3.05) is 79.8 Å². The molecule has 0 spiro atoms. The summed E-state index contributed by atoms with van der Waals surface area (Å²) in [7, 11) is 0. The van der Waals surface area contributed by atoms with Crippen LogP contribution in [0.25, 0.3) is 0 Å². The molecule has 3 aliphatic rings. The van der Waals surface area contributed by atoms with E-state index in [1.54, 1.807) is 24.3 Å². The number of hydrogen-bond donors (Lipinski definition) is 3. The molecule has 1 saturated carbocycles. The number of nitrogens with zero attached hydrogens (tertiary/aromatic N) is 8. The summed E-state index contributed by atoms with van der Waals surface area (Å²) >= 11 is 0. The molecule has 314 valence electrons. The van der Waals surface area contributed by atoms with Crippen molar-refractivity contribution in [3.63, 3.8) is 0 Å². The highest BCUT2D eigenvalue weighted by molar-refractivity contribution is 5.96. The molecule has 4 heterocycles. The van der Waals surface area contributed by atoms with Gasteiger partial charge in [-0.3, -0.25) is 14.9 Å². The Morgan fingerprint density at radius 1 is 0.627 bits per heavy atom. The molecule has 2 aromatic carbocycles. The average molecular weight is 828 g/mol. The lowest BCUT2D eigenvalue weighted by Crippen LogP contribution is -2.49. The number of carbonyl (C=O) groups excluding carboxylic acids is 3. The zero-order valence-electron chi connectivity index (χ0n) is 31.8. The van der Waals surface area contributed by atoms with Crippen molar-refractivity contribution < 1.29 is 40.7 Å². The van der Waals surface area contributed by atoms with Crippen molar-refractivity contribution >= 4 is 41.1 Å². The molecule has 7 rings (SSSR count). The summed E-state index contributed by atoms with van der Waals surface area (Å²) in [6, 6.07) is 16.0. The van der Waals surface area contributed by atoms with Gasteiger partial charge in [0.05, 0.1) is 22.3 Å². The number of carbonyl (C=O) groups is 3. The summed E-state index contributed by atoms with van der Waals surface area (Å²) in [6.45, 7) is 3.47. The minimum Gasteiger partial charge on any atom is -0.382 e. The average Bonchev–Trinajstić information content (AvgIpc) is 4.07. The predicted molar refractivity (Wildman–Crippen MR) is 207 cm³/mol. The van der Waals surface area contributed by atoms with Crippen LogP contribution in [0.2, 0.25) is 0 Å². The third-order valence-corrected chi connectivity index (χ3v) is 10.0. The summed E-state index contributed by atoms with van der Waals surface area (Å²) in [5, 5.41) is 21.4. The minimum absolute atomic E-state index is 0.260. The Balaban J connectivity index is 0.000000208. The van der Waals surface area contributed by atoms with E-state index in [9.17, 15) is 40.7 Å². The fourth-order valence-electron chi connectivity index (χ4n) is 6.68. The smallest absolute Gasteiger partial charge is 0.382 e. The first-order chi connectivity index (χ1) is 28.2. The van der Waals surface area contributed by atoms with Crippen LogP contribution in [0.15, 0.2) is 72.8 Å². The second-order valence-corrected chi connectivity index (χ2v) is 14.2. The number of nitrogens with one attached hydrogen (secondary N) is 2. The molecule has 0 unspecified atom stereocenters. The van der Waals surface area contributed by atoms with E-state index >= 15 is 0 Å². The van der Waals surface area contributed by atoms with E-state index in [4.69, 9.17) is 5.73 Å². The first-order valence-corrected chi connectivity index (χ1v) is 19.1. The summed E-state index contributed by atoms with van der Waals surface area (Å²) in [4.78, 5) is 43.8. The van der Waals surface area contributed by atoms with Crippen molar-refractivity contribution in [2.24, 2.45) is 5.92 Å². The van der Waals surface area contributed by atoms with Crippen LogP contribution in [0.3, 0.4) is 0 Å². The number of halogens is 6. The van der Waals surface area contributed by atoms with Crippen LogP contribution in [-0.2, 0) is 12.4 Å². The Morgan fingerprint density at radius 3 is 1.53 bits per heavy atom. The van der Waals surface area contributed by atoms with E-state index in [-0.39, 0.29) is 30.2 Å². The van der Waals surface area contributed by atoms with Crippen molar-refractivity contribution in [3.8, 4) is 0 Å². The maximum atomic E-state index is 13.3. The van der Waals surface area contributed by atoms with Gasteiger partial charge in [0.2, 0.25) is 0 Å². The van der Waals surface area contributed by atoms with Crippen LogP contribution in [0.1, 0.15) is 57.5 Å². The largest absolute Gasteiger partial charge is 0.417 e. The number of amides is 4. The zero-order valence-corrected chi connectivity index (χ0v) is 31.8. The second-order valence-electron chi connectivity index (χ2n) is 14.2. The number of anilines is 4. The minimum atomic E-state index is -4.59. The molecule has 0 atom stereocenters. The molecule has 2 aromatic heterocycles. The number of nitrogen functional groups attached to an aromatic ring is 1. The fourth-order valence-corrected chi connectivity index (χ4v) is 6.68. The Labute approximate surface area is 335 Å². The van der Waals surface area contributed by atoms with E-state index in [0.717, 1.165) is 30.9 Å². The van der Waals surface area contributed by atoms with Gasteiger partial charge in [-0.05, 0) is 67.3 Å². The van der Waals surface area contributed by atoms with Crippen LogP contribution < -0.4 is 26.2 Å². The maximum Gasteiger partial charge on any atom is 0.417 e. The van der Waals surface area contributed by atoms with Crippen LogP contribution >= 0.6 is 0 Å². The van der Waals surface area contributed by atoms with Gasteiger partial charge in [0, 0.05) is 58.9 Å². The van der Waals surface area contributed by atoms with Crippen molar-refractivity contribution in [3.05, 3.63) is 95.1 Å². The molecule has 4 aromatic rings. The molecule has 14 nitrogen and oxygen atoms in total. The quantitative estimate of drug-likeness (QED) is 0.139. The Morgan fingerprint density at radius 2 is 1.10 bits per heavy atom. The fraction of sp³-hybridized carbons (Fsp3) is 0.410. The van der Waals surface area contributed by atoms with Crippen LogP contribution in [-0.4, -0.2) is 107 Å². The molecular weight excluding hydrogens is 784 g/mol. The van der Waals surface area contributed by atoms with Gasteiger partial charge >= 0.3 is 18.4 Å². The molecule has 59 heavy (non-hydrogen) atoms. The third kappa shape index (κ3) is 11.5. The van der Waals surface area contributed by atoms with E-state index in [1.807, 2.05) is 9.80 Å². The van der Waals surface area contributed by atoms with Gasteiger partial charge in [0.15, 0.2) is 17.5 Å². The second kappa shape index (κ2) is 18.6. The predicted octanol–water partition coefficient (Wildman–Crippen LogP) is 5.81. The van der Waals surface area contributed by atoms with Crippen molar-refractivity contribution in [1.29, 1.82) is 0 Å². The SMILES string of the molecule is Nc1ccc(N2CCN(C(=O)c3ccccc3C(F)(F)F)CC2)nn1.O=C(NCCCC1CC1)Nc1ccc(N2CCN(C(=O)c3ccccc3C(F)(F)F)CC2)nn1. The molecule has 4 amide bonds. The van der Waals surface area contributed by atoms with Gasteiger partial charge in [-0.1, -0.05) is 37.1 Å². The lowest BCUT2D eigenvalue weighted by Gasteiger charge is -2.35. The van der Waals surface area contributed by atoms with Gasteiger partial charge < -0.3 is 30.7 Å². The molecule has 3 fully saturated rings. The Kier molecular flexibility index (Phi) is 13.4. The highest BCUT2D eigenvalue weighted by atomic mass is 19.4. The number of nitrogens with two attached hydrogens (primary N) is 1. The molecule has 20 heteroatoms. The van der Waals surface area contributed by atoms with Gasteiger partial charge in [-0.25, -0.2) is 4.79 Å². The number of urea groups is 1. The van der Waals surface area contributed by atoms with Crippen LogP contribution in [0.5, 0.6) is 0 Å². The zero-order chi connectivity index (χ0) is 42.2. The standard InChI is InChI=1S/C23H27F3N6O2.C16H16F3N5O/c24-23(25,26)18-6-2-1-5-17(18)21(33)32-14-12-31(13-15-32)20-10-9-19(29-30-20)28-22(34)27-11-3-4-16-7-8-16;17-16(18,19)12-4-2-1-3-11(12)15(25)24-9-7-23(8-10-24)14-6-5-13(20)21-22-14/h1-2,5-6,9-10,16H,3-4,7-8,11-15H2,(H2,27,28,29,34);1-6H,7-10H2,(H2,20,21). The molecular formula is C39H43F6N11O3. The maximum absolute atomic E-state index is 13.3. The number of hydrogen-bond acceptors (Lipinski definition) is 10. The number of benzene rings is 2. The molecule has 2 saturated heterocycles. The van der Waals surface area contributed by atoms with Crippen molar-refractivity contribution in [1.82, 2.24) is 35.5 Å². The highest BCUT2D eigenvalue weighted by Crippen LogP contribution is 2.34. The number of aromatic nitrogens is 4. The van der Waals surface area contributed by atoms with E-state index < -0.39 is 35.3 Å². The lowest BCUT2D eigenvalue weighted by molar-refractivity contribution is -0.138. The monoisotopic (exact) mass is 827 g/mol. The number of alkyl halides is 6. The van der Waals surface area contributed by atoms with Crippen molar-refractivity contribution in [2.45, 2.75) is 38.0 Å². The van der Waals surface area contributed by atoms with Gasteiger partial charge in [-0.2, -0.15) is 26.3 Å². The first-order valence-electron chi connectivity index (χ1n) is 19.1. The molecule has 4 N–H and O–H groups in total. The van der Waals surface area contributed by atoms with E-state index in [1.165, 1.54) is 59.0 Å². The first kappa shape index (κ1) is 42.4.